The lowest BCUT2D eigenvalue weighted by atomic mass is 9.99. The van der Waals surface area contributed by atoms with Gasteiger partial charge in [-0.05, 0) is 61.1 Å². The van der Waals surface area contributed by atoms with E-state index in [1.807, 2.05) is 5.32 Å². The van der Waals surface area contributed by atoms with Crippen LogP contribution in [0.15, 0.2) is 66.3 Å². The zero-order valence-electron chi connectivity index (χ0n) is 17.6. The van der Waals surface area contributed by atoms with Crippen molar-refractivity contribution in [2.45, 2.75) is 31.5 Å². The van der Waals surface area contributed by atoms with E-state index in [-0.39, 0.29) is 16.8 Å². The monoisotopic (exact) mass is 499 g/mol. The van der Waals surface area contributed by atoms with Crippen LogP contribution < -0.4 is 16.0 Å². The Bertz CT molecular complexity index is 1140. The van der Waals surface area contributed by atoms with Crippen molar-refractivity contribution in [2.75, 3.05) is 10.6 Å². The summed E-state index contributed by atoms with van der Waals surface area (Å²) in [6.07, 6.45) is -2.34. The maximum atomic E-state index is 14.0. The minimum Gasteiger partial charge on any atom is -0.356 e. The van der Waals surface area contributed by atoms with Crippen molar-refractivity contribution in [1.82, 2.24) is 5.32 Å². The molecule has 3 rings (SSSR count). The van der Waals surface area contributed by atoms with E-state index in [9.17, 15) is 31.1 Å². The van der Waals surface area contributed by atoms with E-state index in [0.29, 0.717) is 11.6 Å². The lowest BCUT2D eigenvalue weighted by molar-refractivity contribution is -0.136. The zero-order chi connectivity index (χ0) is 25.1. The summed E-state index contributed by atoms with van der Waals surface area (Å²) in [6.45, 7) is 1.73. The molecule has 0 saturated carbocycles. The van der Waals surface area contributed by atoms with Crippen LogP contribution in [0, 0.1) is 5.82 Å². The lowest BCUT2D eigenvalue weighted by Gasteiger charge is -2.22. The first-order valence-corrected chi connectivity index (χ1v) is 10.4. The maximum absolute atomic E-state index is 14.0. The van der Waals surface area contributed by atoms with Gasteiger partial charge in [0.15, 0.2) is 5.11 Å². The molecule has 0 spiro atoms. The molecule has 0 fully saturated rings. The highest BCUT2D eigenvalue weighted by molar-refractivity contribution is 7.80. The Balaban J connectivity index is 1.76. The number of hydrogen-bond acceptors (Lipinski definition) is 2. The Labute approximate surface area is 196 Å². The predicted octanol–water partition coefficient (Wildman–Crippen LogP) is 6.35. The quantitative estimate of drug-likeness (QED) is 0.331. The minimum absolute atomic E-state index is 0.000487. The standard InChI is InChI=1S/C23H19F6N3OS/c1-13(14-5-7-15(24)8-6-14)30-21(34)31-16-9-10-19(18(12-16)23(27,28)29)32-20(33)17-4-2-3-11-22(17,25)26/h2-10,12-13H,11H2,1H3,(H,32,33)(H2,30,31,34). The second-order valence-corrected chi connectivity index (χ2v) is 7.91. The third kappa shape index (κ3) is 6.16. The van der Waals surface area contributed by atoms with Gasteiger partial charge in [-0.3, -0.25) is 4.79 Å². The first kappa shape index (κ1) is 25.3. The van der Waals surface area contributed by atoms with E-state index >= 15 is 0 Å². The molecule has 1 atom stereocenters. The van der Waals surface area contributed by atoms with Crippen molar-refractivity contribution >= 4 is 34.6 Å². The predicted molar refractivity (Wildman–Crippen MR) is 121 cm³/mol. The van der Waals surface area contributed by atoms with Gasteiger partial charge in [0.05, 0.1) is 22.9 Å². The maximum Gasteiger partial charge on any atom is 0.418 e. The molecule has 3 N–H and O–H groups in total. The van der Waals surface area contributed by atoms with E-state index in [2.05, 4.69) is 10.6 Å². The fraction of sp³-hybridized carbons (Fsp3) is 0.217. The lowest BCUT2D eigenvalue weighted by Crippen LogP contribution is -2.31. The normalized spacial score (nSPS) is 15.8. The van der Waals surface area contributed by atoms with Crippen molar-refractivity contribution in [2.24, 2.45) is 0 Å². The van der Waals surface area contributed by atoms with Crippen LogP contribution in [-0.2, 0) is 11.0 Å². The molecule has 1 aliphatic rings. The molecule has 0 radical (unpaired) electrons. The van der Waals surface area contributed by atoms with Crippen LogP contribution in [0.3, 0.4) is 0 Å². The number of alkyl halides is 5. The smallest absolute Gasteiger partial charge is 0.356 e. The van der Waals surface area contributed by atoms with Crippen LogP contribution in [0.1, 0.15) is 30.5 Å². The van der Waals surface area contributed by atoms with Gasteiger partial charge in [0.2, 0.25) is 0 Å². The van der Waals surface area contributed by atoms with E-state index in [4.69, 9.17) is 12.2 Å². The minimum atomic E-state index is -4.89. The van der Waals surface area contributed by atoms with Gasteiger partial charge >= 0.3 is 6.18 Å². The van der Waals surface area contributed by atoms with Crippen LogP contribution in [0.4, 0.5) is 37.7 Å². The summed E-state index contributed by atoms with van der Waals surface area (Å²) in [5.41, 5.74) is -2.18. The molecular formula is C23H19F6N3OS. The number of anilines is 2. The number of rotatable bonds is 5. The van der Waals surface area contributed by atoms with E-state index in [1.165, 1.54) is 36.4 Å². The van der Waals surface area contributed by atoms with Crippen molar-refractivity contribution in [3.63, 3.8) is 0 Å². The van der Waals surface area contributed by atoms with Gasteiger partial charge in [0.1, 0.15) is 5.82 Å². The molecule has 0 aliphatic heterocycles. The van der Waals surface area contributed by atoms with Crippen LogP contribution in [-0.4, -0.2) is 16.9 Å². The molecule has 1 amide bonds. The zero-order valence-corrected chi connectivity index (χ0v) is 18.5. The van der Waals surface area contributed by atoms with Gasteiger partial charge in [-0.15, -0.1) is 0 Å². The van der Waals surface area contributed by atoms with Crippen molar-refractivity contribution in [1.29, 1.82) is 0 Å². The second-order valence-electron chi connectivity index (χ2n) is 7.50. The molecule has 4 nitrogen and oxygen atoms in total. The molecule has 2 aromatic carbocycles. The number of amides is 1. The van der Waals surface area contributed by atoms with Crippen LogP contribution >= 0.6 is 12.2 Å². The summed E-state index contributed by atoms with van der Waals surface area (Å²) in [4.78, 5) is 12.3. The third-order valence-electron chi connectivity index (χ3n) is 4.96. The summed E-state index contributed by atoms with van der Waals surface area (Å²) in [7, 11) is 0. The summed E-state index contributed by atoms with van der Waals surface area (Å²) >= 11 is 5.14. The average molecular weight is 499 g/mol. The second kappa shape index (κ2) is 9.88. The average Bonchev–Trinajstić information content (AvgIpc) is 2.74. The number of thiocarbonyl (C=S) groups is 1. The number of hydrogen-bond donors (Lipinski definition) is 3. The Kier molecular flexibility index (Phi) is 7.35. The highest BCUT2D eigenvalue weighted by atomic mass is 32.1. The van der Waals surface area contributed by atoms with E-state index < -0.39 is 47.1 Å². The van der Waals surface area contributed by atoms with Gasteiger partial charge in [0.25, 0.3) is 11.8 Å². The number of halogens is 6. The summed E-state index contributed by atoms with van der Waals surface area (Å²) in [5.74, 6) is -5.23. The first-order chi connectivity index (χ1) is 15.9. The number of benzene rings is 2. The Morgan fingerprint density at radius 2 is 1.76 bits per heavy atom. The molecule has 0 heterocycles. The molecule has 180 valence electrons. The number of carbonyl (C=O) groups is 1. The van der Waals surface area contributed by atoms with Gasteiger partial charge in [-0.1, -0.05) is 24.3 Å². The molecule has 1 aliphatic carbocycles. The Hall–Kier alpha value is -3.34. The molecule has 1 unspecified atom stereocenters. The fourth-order valence-electron chi connectivity index (χ4n) is 3.21. The molecular weight excluding hydrogens is 480 g/mol. The number of allylic oxidation sites excluding steroid dienone is 3. The molecule has 2 aromatic rings. The van der Waals surface area contributed by atoms with Crippen molar-refractivity contribution < 1.29 is 31.1 Å². The van der Waals surface area contributed by atoms with Crippen molar-refractivity contribution in [3.05, 3.63) is 83.2 Å². The van der Waals surface area contributed by atoms with Crippen LogP contribution in [0.25, 0.3) is 0 Å². The molecule has 34 heavy (non-hydrogen) atoms. The third-order valence-corrected chi connectivity index (χ3v) is 5.18. The first-order valence-electron chi connectivity index (χ1n) is 9.97. The number of nitrogens with one attached hydrogen (secondary N) is 3. The Morgan fingerprint density at radius 3 is 2.38 bits per heavy atom. The topological polar surface area (TPSA) is 53.2 Å². The Morgan fingerprint density at radius 1 is 1.09 bits per heavy atom. The van der Waals surface area contributed by atoms with E-state index in [0.717, 1.165) is 18.2 Å². The molecule has 0 saturated heterocycles. The van der Waals surface area contributed by atoms with Gasteiger partial charge < -0.3 is 16.0 Å². The van der Waals surface area contributed by atoms with Gasteiger partial charge in [0, 0.05) is 12.1 Å². The molecule has 0 bridgehead atoms. The highest BCUT2D eigenvalue weighted by Crippen LogP contribution is 2.38. The van der Waals surface area contributed by atoms with Crippen molar-refractivity contribution in [3.8, 4) is 0 Å². The summed E-state index contributed by atoms with van der Waals surface area (Å²) < 4.78 is 81.9. The number of carbonyl (C=O) groups excluding carboxylic acids is 1. The van der Waals surface area contributed by atoms with Gasteiger partial charge in [-0.2, -0.15) is 13.2 Å². The fourth-order valence-corrected chi connectivity index (χ4v) is 3.50. The van der Waals surface area contributed by atoms with Crippen LogP contribution in [0.2, 0.25) is 0 Å². The summed E-state index contributed by atoms with van der Waals surface area (Å²) in [5, 5.41) is 7.42. The highest BCUT2D eigenvalue weighted by Gasteiger charge is 2.40. The molecule has 11 heteroatoms. The SMILES string of the molecule is CC(NC(=S)Nc1ccc(NC(=O)C2=CC=CCC2(F)F)c(C(F)(F)F)c1)c1ccc(F)cc1. The van der Waals surface area contributed by atoms with Crippen LogP contribution in [0.5, 0.6) is 0 Å². The van der Waals surface area contributed by atoms with E-state index in [1.54, 1.807) is 6.92 Å². The van der Waals surface area contributed by atoms with Gasteiger partial charge in [-0.25, -0.2) is 13.2 Å². The summed E-state index contributed by atoms with van der Waals surface area (Å²) in [6, 6.07) is 8.11. The molecule has 0 aromatic heterocycles. The largest absolute Gasteiger partial charge is 0.418 e.